The van der Waals surface area contributed by atoms with Gasteiger partial charge in [-0.1, -0.05) is 24.3 Å². The molecule has 0 heterocycles. The average molecular weight is 136 g/mol. The number of rotatable bonds is 2. The van der Waals surface area contributed by atoms with Gasteiger partial charge in [0.05, 0.1) is 0 Å². The van der Waals surface area contributed by atoms with Gasteiger partial charge in [0.15, 0.2) is 0 Å². The van der Waals surface area contributed by atoms with Crippen molar-refractivity contribution in [2.24, 2.45) is 0 Å². The molecule has 2 nitrogen and oxygen atoms in total. The SMILES string of the molecule is [O]Cc1ccc(C[O])cc1. The molecule has 1 aromatic carbocycles. The Labute approximate surface area is 59.7 Å². The van der Waals surface area contributed by atoms with E-state index in [1.165, 1.54) is 0 Å². The third-order valence-corrected chi connectivity index (χ3v) is 1.36. The van der Waals surface area contributed by atoms with Crippen LogP contribution in [0, 0.1) is 0 Å². The molecule has 0 aromatic heterocycles. The predicted molar refractivity (Wildman–Crippen MR) is 35.2 cm³/mol. The van der Waals surface area contributed by atoms with Crippen molar-refractivity contribution in [3.63, 3.8) is 0 Å². The fraction of sp³-hybridized carbons (Fsp3) is 0.250. The van der Waals surface area contributed by atoms with Crippen LogP contribution in [0.2, 0.25) is 0 Å². The summed E-state index contributed by atoms with van der Waals surface area (Å²) in [5, 5.41) is 20.5. The Morgan fingerprint density at radius 1 is 0.800 bits per heavy atom. The molecule has 0 spiro atoms. The topological polar surface area (TPSA) is 39.8 Å². The number of hydrogen-bond acceptors (Lipinski definition) is 0. The molecule has 0 aliphatic heterocycles. The van der Waals surface area contributed by atoms with E-state index < -0.39 is 0 Å². The Balaban J connectivity index is 2.80. The van der Waals surface area contributed by atoms with E-state index in [0.29, 0.717) is 0 Å². The maximum atomic E-state index is 10.3. The van der Waals surface area contributed by atoms with E-state index in [4.69, 9.17) is 0 Å². The van der Waals surface area contributed by atoms with Gasteiger partial charge in [0.1, 0.15) is 13.2 Å². The summed E-state index contributed by atoms with van der Waals surface area (Å²) in [5.74, 6) is 0. The van der Waals surface area contributed by atoms with Gasteiger partial charge < -0.3 is 0 Å². The third-order valence-electron chi connectivity index (χ3n) is 1.36. The summed E-state index contributed by atoms with van der Waals surface area (Å²) < 4.78 is 0. The van der Waals surface area contributed by atoms with E-state index in [0.717, 1.165) is 11.1 Å². The van der Waals surface area contributed by atoms with Gasteiger partial charge >= 0.3 is 0 Å². The predicted octanol–water partition coefficient (Wildman–Crippen LogP) is 1.55. The van der Waals surface area contributed by atoms with Crippen LogP contribution in [0.5, 0.6) is 0 Å². The summed E-state index contributed by atoms with van der Waals surface area (Å²) in [6.45, 7) is -0.418. The highest BCUT2D eigenvalue weighted by Crippen LogP contribution is 2.03. The second-order valence-electron chi connectivity index (χ2n) is 2.11. The fourth-order valence-electron chi connectivity index (χ4n) is 0.732. The zero-order chi connectivity index (χ0) is 7.40. The summed E-state index contributed by atoms with van der Waals surface area (Å²) >= 11 is 0. The first kappa shape index (κ1) is 7.25. The molecule has 1 rings (SSSR count). The standard InChI is InChI=1S/C8H8O2/c9-5-7-1-2-8(6-10)4-3-7/h1-4H,5-6H2. The van der Waals surface area contributed by atoms with Crippen LogP contribution in [0.4, 0.5) is 0 Å². The highest BCUT2D eigenvalue weighted by molar-refractivity contribution is 5.20. The molecule has 0 fully saturated rings. The lowest BCUT2D eigenvalue weighted by Gasteiger charge is -1.94. The van der Waals surface area contributed by atoms with E-state index in [1.807, 2.05) is 0 Å². The maximum Gasteiger partial charge on any atom is 0.107 e. The Hall–Kier alpha value is -0.860. The third kappa shape index (κ3) is 1.56. The lowest BCUT2D eigenvalue weighted by Crippen LogP contribution is -1.83. The van der Waals surface area contributed by atoms with Crippen LogP contribution in [0.15, 0.2) is 24.3 Å². The molecule has 0 aliphatic carbocycles. The van der Waals surface area contributed by atoms with Gasteiger partial charge in [-0.2, -0.15) is 0 Å². The second-order valence-corrected chi connectivity index (χ2v) is 2.11. The maximum absolute atomic E-state index is 10.3. The van der Waals surface area contributed by atoms with Gasteiger partial charge in [-0.05, 0) is 11.1 Å². The van der Waals surface area contributed by atoms with Gasteiger partial charge in [0, 0.05) is 0 Å². The van der Waals surface area contributed by atoms with Crippen molar-refractivity contribution >= 4 is 0 Å². The first-order valence-electron chi connectivity index (χ1n) is 3.11. The van der Waals surface area contributed by atoms with Crippen molar-refractivity contribution in [2.45, 2.75) is 13.2 Å². The summed E-state index contributed by atoms with van der Waals surface area (Å²) in [5.41, 5.74) is 1.47. The molecule has 0 N–H and O–H groups in total. The Kier molecular flexibility index (Phi) is 2.42. The van der Waals surface area contributed by atoms with Crippen molar-refractivity contribution in [3.05, 3.63) is 35.4 Å². The van der Waals surface area contributed by atoms with Gasteiger partial charge in [0.25, 0.3) is 0 Å². The molecule has 2 radical (unpaired) electrons. The van der Waals surface area contributed by atoms with E-state index in [9.17, 15) is 10.2 Å². The molecule has 10 heavy (non-hydrogen) atoms. The highest BCUT2D eigenvalue weighted by atomic mass is 16.3. The van der Waals surface area contributed by atoms with Crippen LogP contribution >= 0.6 is 0 Å². The van der Waals surface area contributed by atoms with Crippen molar-refractivity contribution in [2.75, 3.05) is 0 Å². The Bertz CT molecular complexity index is 168. The van der Waals surface area contributed by atoms with E-state index in [-0.39, 0.29) is 13.2 Å². The number of hydrogen-bond donors (Lipinski definition) is 0. The molecular weight excluding hydrogens is 128 g/mol. The Morgan fingerprint density at radius 3 is 1.30 bits per heavy atom. The molecule has 0 aliphatic rings. The van der Waals surface area contributed by atoms with E-state index in [2.05, 4.69) is 0 Å². The van der Waals surface area contributed by atoms with Crippen LogP contribution in [0.1, 0.15) is 11.1 Å². The summed E-state index contributed by atoms with van der Waals surface area (Å²) in [7, 11) is 0. The lowest BCUT2D eigenvalue weighted by atomic mass is 10.1. The first-order valence-corrected chi connectivity index (χ1v) is 3.11. The van der Waals surface area contributed by atoms with E-state index in [1.54, 1.807) is 24.3 Å². The van der Waals surface area contributed by atoms with Gasteiger partial charge in [-0.15, -0.1) is 0 Å². The van der Waals surface area contributed by atoms with Crippen LogP contribution in [-0.4, -0.2) is 0 Å². The monoisotopic (exact) mass is 136 g/mol. The molecule has 0 unspecified atom stereocenters. The minimum Gasteiger partial charge on any atom is -0.232 e. The highest BCUT2D eigenvalue weighted by Gasteiger charge is 1.91. The molecule has 0 amide bonds. The molecule has 2 heteroatoms. The summed E-state index contributed by atoms with van der Waals surface area (Å²) in [4.78, 5) is 0. The molecular formula is C8H8O2. The first-order chi connectivity index (χ1) is 4.86. The zero-order valence-electron chi connectivity index (χ0n) is 5.54. The van der Waals surface area contributed by atoms with Gasteiger partial charge in [-0.3, -0.25) is 0 Å². The Morgan fingerprint density at radius 2 is 1.10 bits per heavy atom. The molecule has 52 valence electrons. The molecule has 0 saturated carbocycles. The van der Waals surface area contributed by atoms with Crippen LogP contribution in [-0.2, 0) is 23.4 Å². The molecule has 1 aromatic rings. The minimum absolute atomic E-state index is 0.209. The zero-order valence-corrected chi connectivity index (χ0v) is 5.54. The van der Waals surface area contributed by atoms with Crippen LogP contribution in [0.3, 0.4) is 0 Å². The van der Waals surface area contributed by atoms with Crippen molar-refractivity contribution in [3.8, 4) is 0 Å². The van der Waals surface area contributed by atoms with E-state index >= 15 is 0 Å². The fourth-order valence-corrected chi connectivity index (χ4v) is 0.732. The summed E-state index contributed by atoms with van der Waals surface area (Å²) in [6.07, 6.45) is 0. The van der Waals surface area contributed by atoms with Gasteiger partial charge in [0.2, 0.25) is 0 Å². The van der Waals surface area contributed by atoms with Crippen molar-refractivity contribution < 1.29 is 10.2 Å². The minimum atomic E-state index is -0.209. The lowest BCUT2D eigenvalue weighted by molar-refractivity contribution is 0.174. The molecule has 0 bridgehead atoms. The largest absolute Gasteiger partial charge is 0.232 e. The van der Waals surface area contributed by atoms with Crippen molar-refractivity contribution in [1.29, 1.82) is 0 Å². The average Bonchev–Trinajstić information content (AvgIpc) is 2.05. The van der Waals surface area contributed by atoms with Crippen LogP contribution in [0.25, 0.3) is 0 Å². The van der Waals surface area contributed by atoms with Gasteiger partial charge in [-0.25, -0.2) is 10.2 Å². The van der Waals surface area contributed by atoms with Crippen LogP contribution < -0.4 is 0 Å². The smallest absolute Gasteiger partial charge is 0.107 e. The molecule has 0 atom stereocenters. The second kappa shape index (κ2) is 3.34. The normalized spacial score (nSPS) is 9.80. The van der Waals surface area contributed by atoms with Crippen molar-refractivity contribution in [1.82, 2.24) is 0 Å². The molecule has 0 saturated heterocycles. The summed E-state index contributed by atoms with van der Waals surface area (Å²) in [6, 6.07) is 6.78. The number of benzene rings is 1. The quantitative estimate of drug-likeness (QED) is 0.591.